The number of anilines is 1. The first-order chi connectivity index (χ1) is 12.2. The molecule has 0 bridgehead atoms. The fourth-order valence-electron chi connectivity index (χ4n) is 3.29. The molecule has 1 aliphatic heterocycles. The third kappa shape index (κ3) is 3.90. The van der Waals surface area contributed by atoms with Crippen LogP contribution < -0.4 is 5.32 Å². The molecule has 1 aliphatic carbocycles. The summed E-state index contributed by atoms with van der Waals surface area (Å²) in [6.45, 7) is 3.63. The van der Waals surface area contributed by atoms with E-state index in [0.717, 1.165) is 61.3 Å². The maximum absolute atomic E-state index is 11.9. The van der Waals surface area contributed by atoms with Crippen molar-refractivity contribution >= 4 is 11.6 Å². The lowest BCUT2D eigenvalue weighted by Gasteiger charge is -2.21. The smallest absolute Gasteiger partial charge is 0.227 e. The van der Waals surface area contributed by atoms with Crippen molar-refractivity contribution in [2.75, 3.05) is 11.9 Å². The zero-order valence-corrected chi connectivity index (χ0v) is 14.6. The number of ether oxygens (including phenoxy) is 1. The molecule has 0 spiro atoms. The number of carbonyl (C=O) groups is 1. The van der Waals surface area contributed by atoms with Gasteiger partial charge in [0.15, 0.2) is 0 Å². The van der Waals surface area contributed by atoms with Gasteiger partial charge in [0, 0.05) is 23.8 Å². The van der Waals surface area contributed by atoms with E-state index < -0.39 is 0 Å². The minimum Gasteiger partial charge on any atom is -0.376 e. The van der Waals surface area contributed by atoms with Crippen LogP contribution in [0.15, 0.2) is 24.4 Å². The number of amides is 1. The molecular weight excluding hydrogens is 316 g/mol. The van der Waals surface area contributed by atoms with Gasteiger partial charge in [-0.15, -0.1) is 5.10 Å². The number of benzene rings is 1. The standard InChI is InChI=1S/C19H24N4O2/c1-13-10-15(20-19(24)14-5-6-14)7-8-17(13)18-12-23(22-21-18)11-16-4-2-3-9-25-16/h7-8,10,12,14,16H,2-6,9,11H2,1H3,(H,20,24)/t16-/m1/s1. The first kappa shape index (κ1) is 16.3. The summed E-state index contributed by atoms with van der Waals surface area (Å²) in [5.74, 6) is 0.340. The highest BCUT2D eigenvalue weighted by Gasteiger charge is 2.29. The SMILES string of the molecule is Cc1cc(NC(=O)C2CC2)ccc1-c1cn(C[C@H]2CCCCO2)nn1. The van der Waals surface area contributed by atoms with Crippen LogP contribution in [-0.2, 0) is 16.1 Å². The van der Waals surface area contributed by atoms with E-state index in [4.69, 9.17) is 4.74 Å². The Morgan fingerprint density at radius 2 is 2.20 bits per heavy atom. The Balaban J connectivity index is 1.44. The van der Waals surface area contributed by atoms with Crippen LogP contribution in [0.2, 0.25) is 0 Å². The molecule has 1 aromatic heterocycles. The van der Waals surface area contributed by atoms with Crippen LogP contribution in [0.5, 0.6) is 0 Å². The predicted molar refractivity (Wildman–Crippen MR) is 95.1 cm³/mol. The number of aryl methyl sites for hydroxylation is 1. The van der Waals surface area contributed by atoms with Gasteiger partial charge >= 0.3 is 0 Å². The van der Waals surface area contributed by atoms with E-state index in [9.17, 15) is 4.79 Å². The number of hydrogen-bond acceptors (Lipinski definition) is 4. The second kappa shape index (κ2) is 6.96. The minimum absolute atomic E-state index is 0.130. The highest BCUT2D eigenvalue weighted by molar-refractivity contribution is 5.94. The van der Waals surface area contributed by atoms with Crippen LogP contribution >= 0.6 is 0 Å². The van der Waals surface area contributed by atoms with Crippen molar-refractivity contribution in [3.63, 3.8) is 0 Å². The Bertz CT molecular complexity index is 761. The number of hydrogen-bond donors (Lipinski definition) is 1. The molecule has 1 amide bonds. The Kier molecular flexibility index (Phi) is 4.53. The summed E-state index contributed by atoms with van der Waals surface area (Å²) in [6.07, 6.45) is 7.70. The second-order valence-corrected chi connectivity index (χ2v) is 7.11. The molecule has 132 valence electrons. The molecule has 2 heterocycles. The summed E-state index contributed by atoms with van der Waals surface area (Å²) < 4.78 is 7.64. The Hall–Kier alpha value is -2.21. The first-order valence-electron chi connectivity index (χ1n) is 9.12. The molecule has 1 atom stereocenters. The highest BCUT2D eigenvalue weighted by Crippen LogP contribution is 2.31. The topological polar surface area (TPSA) is 69.0 Å². The summed E-state index contributed by atoms with van der Waals surface area (Å²) in [7, 11) is 0. The largest absolute Gasteiger partial charge is 0.376 e. The summed E-state index contributed by atoms with van der Waals surface area (Å²) in [6, 6.07) is 5.94. The van der Waals surface area contributed by atoms with Gasteiger partial charge in [-0.3, -0.25) is 4.79 Å². The van der Waals surface area contributed by atoms with Crippen LogP contribution in [0.25, 0.3) is 11.3 Å². The normalized spacial score (nSPS) is 20.4. The minimum atomic E-state index is 0.130. The van der Waals surface area contributed by atoms with E-state index in [1.807, 2.05) is 36.0 Å². The van der Waals surface area contributed by atoms with Crippen molar-refractivity contribution < 1.29 is 9.53 Å². The van der Waals surface area contributed by atoms with Gasteiger partial charge < -0.3 is 10.1 Å². The zero-order valence-electron chi connectivity index (χ0n) is 14.6. The molecule has 2 fully saturated rings. The van der Waals surface area contributed by atoms with Crippen molar-refractivity contribution in [2.24, 2.45) is 5.92 Å². The monoisotopic (exact) mass is 340 g/mol. The maximum Gasteiger partial charge on any atom is 0.227 e. The molecule has 0 unspecified atom stereocenters. The van der Waals surface area contributed by atoms with Crippen LogP contribution in [0.4, 0.5) is 5.69 Å². The molecule has 4 rings (SSSR count). The van der Waals surface area contributed by atoms with Crippen LogP contribution in [0.1, 0.15) is 37.7 Å². The maximum atomic E-state index is 11.9. The number of nitrogens with one attached hydrogen (secondary N) is 1. The first-order valence-corrected chi connectivity index (χ1v) is 9.12. The van der Waals surface area contributed by atoms with E-state index in [0.29, 0.717) is 0 Å². The quantitative estimate of drug-likeness (QED) is 0.908. The van der Waals surface area contributed by atoms with E-state index in [1.54, 1.807) is 0 Å². The summed E-state index contributed by atoms with van der Waals surface area (Å²) in [5.41, 5.74) is 3.82. The van der Waals surface area contributed by atoms with Crippen molar-refractivity contribution in [3.8, 4) is 11.3 Å². The van der Waals surface area contributed by atoms with E-state index in [1.165, 1.54) is 6.42 Å². The average molecular weight is 340 g/mol. The number of aromatic nitrogens is 3. The molecule has 6 heteroatoms. The molecule has 2 aromatic rings. The molecule has 6 nitrogen and oxygen atoms in total. The van der Waals surface area contributed by atoms with E-state index in [2.05, 4.69) is 15.6 Å². The molecule has 1 saturated carbocycles. The van der Waals surface area contributed by atoms with E-state index in [-0.39, 0.29) is 17.9 Å². The van der Waals surface area contributed by atoms with Gasteiger partial charge in [0.1, 0.15) is 5.69 Å². The van der Waals surface area contributed by atoms with Crippen molar-refractivity contribution in [1.82, 2.24) is 15.0 Å². The second-order valence-electron chi connectivity index (χ2n) is 7.11. The molecule has 0 radical (unpaired) electrons. The molecule has 1 saturated heterocycles. The molecule has 2 aliphatic rings. The van der Waals surface area contributed by atoms with Gasteiger partial charge in [-0.25, -0.2) is 4.68 Å². The predicted octanol–water partition coefficient (Wildman–Crippen LogP) is 3.17. The molecular formula is C19H24N4O2. The zero-order chi connectivity index (χ0) is 17.2. The summed E-state index contributed by atoms with van der Waals surface area (Å²) in [5, 5.41) is 11.5. The Morgan fingerprint density at radius 3 is 2.92 bits per heavy atom. The van der Waals surface area contributed by atoms with Gasteiger partial charge in [-0.1, -0.05) is 11.3 Å². The van der Waals surface area contributed by atoms with Gasteiger partial charge in [0.05, 0.1) is 18.8 Å². The number of nitrogens with zero attached hydrogens (tertiary/aromatic N) is 3. The van der Waals surface area contributed by atoms with Crippen LogP contribution in [-0.4, -0.2) is 33.6 Å². The van der Waals surface area contributed by atoms with Crippen LogP contribution in [0.3, 0.4) is 0 Å². The fourth-order valence-corrected chi connectivity index (χ4v) is 3.29. The highest BCUT2D eigenvalue weighted by atomic mass is 16.5. The van der Waals surface area contributed by atoms with Crippen molar-refractivity contribution in [2.45, 2.75) is 51.7 Å². The van der Waals surface area contributed by atoms with Crippen molar-refractivity contribution in [3.05, 3.63) is 30.0 Å². The summed E-state index contributed by atoms with van der Waals surface area (Å²) >= 11 is 0. The lowest BCUT2D eigenvalue weighted by molar-refractivity contribution is -0.117. The third-order valence-electron chi connectivity index (χ3n) is 4.92. The Morgan fingerprint density at radius 1 is 1.32 bits per heavy atom. The fraction of sp³-hybridized carbons (Fsp3) is 0.526. The number of carbonyl (C=O) groups excluding carboxylic acids is 1. The van der Waals surface area contributed by atoms with Crippen LogP contribution in [0, 0.1) is 12.8 Å². The Labute approximate surface area is 147 Å². The van der Waals surface area contributed by atoms with Crippen molar-refractivity contribution in [1.29, 1.82) is 0 Å². The lowest BCUT2D eigenvalue weighted by Crippen LogP contribution is -2.24. The summed E-state index contributed by atoms with van der Waals surface area (Å²) in [4.78, 5) is 11.9. The average Bonchev–Trinajstić information content (AvgIpc) is 3.37. The lowest BCUT2D eigenvalue weighted by atomic mass is 10.1. The van der Waals surface area contributed by atoms with E-state index >= 15 is 0 Å². The van der Waals surface area contributed by atoms with Gasteiger partial charge in [-0.05, 0) is 56.7 Å². The molecule has 1 N–H and O–H groups in total. The van der Waals surface area contributed by atoms with Gasteiger partial charge in [0.25, 0.3) is 0 Å². The molecule has 25 heavy (non-hydrogen) atoms. The van der Waals surface area contributed by atoms with Gasteiger partial charge in [-0.2, -0.15) is 0 Å². The number of rotatable bonds is 5. The third-order valence-corrected chi connectivity index (χ3v) is 4.92. The molecule has 1 aromatic carbocycles. The van der Waals surface area contributed by atoms with Gasteiger partial charge in [0.2, 0.25) is 5.91 Å².